The summed E-state index contributed by atoms with van der Waals surface area (Å²) >= 11 is 0. The van der Waals surface area contributed by atoms with Gasteiger partial charge in [0.2, 0.25) is 5.88 Å². The summed E-state index contributed by atoms with van der Waals surface area (Å²) in [6.45, 7) is 6.66. The smallest absolute Gasteiger partial charge is 0.250 e. The second kappa shape index (κ2) is 7.25. The van der Waals surface area contributed by atoms with Crippen molar-refractivity contribution in [3.8, 4) is 11.8 Å². The number of benzene rings is 1. The van der Waals surface area contributed by atoms with Gasteiger partial charge in [0, 0.05) is 24.4 Å². The van der Waals surface area contributed by atoms with E-state index in [9.17, 15) is 0 Å². The maximum atomic E-state index is 5.75. The SMILES string of the molecule is CCOc1nn(-c2ncc(CC)cn2)c(C)c1Cc1ccccc1. The van der Waals surface area contributed by atoms with Gasteiger partial charge in [-0.15, -0.1) is 5.10 Å². The third-order valence-corrected chi connectivity index (χ3v) is 4.00. The topological polar surface area (TPSA) is 52.8 Å². The van der Waals surface area contributed by atoms with Crippen LogP contribution < -0.4 is 4.74 Å². The van der Waals surface area contributed by atoms with E-state index >= 15 is 0 Å². The van der Waals surface area contributed by atoms with E-state index in [1.807, 2.05) is 44.4 Å². The van der Waals surface area contributed by atoms with Crippen LogP contribution >= 0.6 is 0 Å². The summed E-state index contributed by atoms with van der Waals surface area (Å²) in [5, 5.41) is 4.59. The minimum absolute atomic E-state index is 0.574. The number of ether oxygens (including phenoxy) is 1. The highest BCUT2D eigenvalue weighted by atomic mass is 16.5. The molecule has 0 N–H and O–H groups in total. The summed E-state index contributed by atoms with van der Waals surface area (Å²) in [6.07, 6.45) is 5.39. The Morgan fingerprint density at radius 2 is 1.71 bits per heavy atom. The molecule has 5 heteroatoms. The van der Waals surface area contributed by atoms with E-state index in [2.05, 4.69) is 34.1 Å². The summed E-state index contributed by atoms with van der Waals surface area (Å²) < 4.78 is 7.52. The molecule has 3 rings (SSSR count). The highest BCUT2D eigenvalue weighted by Crippen LogP contribution is 2.26. The predicted octanol–water partition coefficient (Wildman–Crippen LogP) is 3.52. The Hall–Kier alpha value is -2.69. The van der Waals surface area contributed by atoms with Gasteiger partial charge >= 0.3 is 0 Å². The molecule has 0 spiro atoms. The molecule has 0 saturated heterocycles. The molecule has 0 aliphatic carbocycles. The van der Waals surface area contributed by atoms with Crippen LogP contribution in [0.1, 0.15) is 36.2 Å². The van der Waals surface area contributed by atoms with Crippen LogP contribution in [0.3, 0.4) is 0 Å². The lowest BCUT2D eigenvalue weighted by molar-refractivity contribution is 0.321. The molecule has 0 bridgehead atoms. The molecule has 2 aromatic heterocycles. The van der Waals surface area contributed by atoms with E-state index < -0.39 is 0 Å². The fourth-order valence-electron chi connectivity index (χ4n) is 2.60. The van der Waals surface area contributed by atoms with Crippen molar-refractivity contribution in [2.24, 2.45) is 0 Å². The van der Waals surface area contributed by atoms with Crippen LogP contribution in [0, 0.1) is 6.92 Å². The number of aromatic nitrogens is 4. The molecule has 0 radical (unpaired) electrons. The standard InChI is InChI=1S/C19H22N4O/c1-4-15-12-20-19(21-13-15)23-14(3)17(18(22-23)24-5-2)11-16-9-7-6-8-10-16/h6-10,12-13H,4-5,11H2,1-3H3. The Bertz CT molecular complexity index is 794. The van der Waals surface area contributed by atoms with E-state index in [1.54, 1.807) is 4.68 Å². The van der Waals surface area contributed by atoms with Gasteiger partial charge in [0.1, 0.15) is 0 Å². The van der Waals surface area contributed by atoms with E-state index in [0.29, 0.717) is 18.4 Å². The average Bonchev–Trinajstić information content (AvgIpc) is 2.93. The molecule has 2 heterocycles. The van der Waals surface area contributed by atoms with Crippen molar-refractivity contribution >= 4 is 0 Å². The van der Waals surface area contributed by atoms with Crippen LogP contribution in [-0.4, -0.2) is 26.4 Å². The van der Waals surface area contributed by atoms with Crippen molar-refractivity contribution < 1.29 is 4.74 Å². The lowest BCUT2D eigenvalue weighted by atomic mass is 10.1. The number of rotatable bonds is 6. The van der Waals surface area contributed by atoms with E-state index in [0.717, 1.165) is 29.7 Å². The molecule has 0 aliphatic heterocycles. The van der Waals surface area contributed by atoms with E-state index in [4.69, 9.17) is 4.74 Å². The maximum Gasteiger partial charge on any atom is 0.250 e. The Morgan fingerprint density at radius 1 is 1.00 bits per heavy atom. The van der Waals surface area contributed by atoms with Crippen LogP contribution in [0.4, 0.5) is 0 Å². The van der Waals surface area contributed by atoms with Crippen molar-refractivity contribution in [2.75, 3.05) is 6.61 Å². The maximum absolute atomic E-state index is 5.75. The van der Waals surface area contributed by atoms with Gasteiger partial charge in [-0.25, -0.2) is 9.97 Å². The van der Waals surface area contributed by atoms with Crippen LogP contribution in [0.25, 0.3) is 5.95 Å². The van der Waals surface area contributed by atoms with Gasteiger partial charge in [0.25, 0.3) is 5.95 Å². The Kier molecular flexibility index (Phi) is 4.89. The molecule has 24 heavy (non-hydrogen) atoms. The minimum atomic E-state index is 0.574. The van der Waals surface area contributed by atoms with E-state index in [-0.39, 0.29) is 0 Å². The third kappa shape index (κ3) is 3.30. The second-order valence-corrected chi connectivity index (χ2v) is 5.62. The van der Waals surface area contributed by atoms with Gasteiger partial charge < -0.3 is 4.74 Å². The van der Waals surface area contributed by atoms with Crippen LogP contribution in [0.15, 0.2) is 42.7 Å². The van der Waals surface area contributed by atoms with Crippen molar-refractivity contribution in [2.45, 2.75) is 33.6 Å². The lowest BCUT2D eigenvalue weighted by Crippen LogP contribution is -2.05. The molecule has 0 aliphatic rings. The monoisotopic (exact) mass is 322 g/mol. The molecule has 124 valence electrons. The first kappa shape index (κ1) is 16.2. The van der Waals surface area contributed by atoms with Crippen LogP contribution in [0.5, 0.6) is 5.88 Å². The van der Waals surface area contributed by atoms with Crippen LogP contribution in [0.2, 0.25) is 0 Å². The zero-order chi connectivity index (χ0) is 16.9. The Balaban J connectivity index is 2.00. The minimum Gasteiger partial charge on any atom is -0.477 e. The molecule has 1 aromatic carbocycles. The first-order valence-electron chi connectivity index (χ1n) is 8.29. The fourth-order valence-corrected chi connectivity index (χ4v) is 2.60. The molecule has 0 saturated carbocycles. The molecule has 0 atom stereocenters. The third-order valence-electron chi connectivity index (χ3n) is 4.00. The van der Waals surface area contributed by atoms with Gasteiger partial charge in [-0.1, -0.05) is 37.3 Å². The number of aryl methyl sites for hydroxylation is 1. The van der Waals surface area contributed by atoms with Gasteiger partial charge in [-0.2, -0.15) is 4.68 Å². The van der Waals surface area contributed by atoms with Crippen molar-refractivity contribution in [3.05, 3.63) is 65.1 Å². The largest absolute Gasteiger partial charge is 0.477 e. The number of hydrogen-bond donors (Lipinski definition) is 0. The molecule has 0 fully saturated rings. The molecule has 0 amide bonds. The summed E-state index contributed by atoms with van der Waals surface area (Å²) in [5.74, 6) is 1.23. The zero-order valence-electron chi connectivity index (χ0n) is 14.4. The Labute approximate surface area is 142 Å². The molecule has 3 aromatic rings. The van der Waals surface area contributed by atoms with Crippen molar-refractivity contribution in [1.82, 2.24) is 19.7 Å². The summed E-state index contributed by atoms with van der Waals surface area (Å²) in [7, 11) is 0. The molecule has 0 unspecified atom stereocenters. The van der Waals surface area contributed by atoms with Crippen LogP contribution in [-0.2, 0) is 12.8 Å². The van der Waals surface area contributed by atoms with Gasteiger partial charge in [0.15, 0.2) is 0 Å². The Morgan fingerprint density at radius 3 is 2.33 bits per heavy atom. The van der Waals surface area contributed by atoms with Crippen molar-refractivity contribution in [3.63, 3.8) is 0 Å². The normalized spacial score (nSPS) is 10.8. The fraction of sp³-hybridized carbons (Fsp3) is 0.316. The first-order valence-corrected chi connectivity index (χ1v) is 8.29. The van der Waals surface area contributed by atoms with Gasteiger partial charge in [-0.3, -0.25) is 0 Å². The second-order valence-electron chi connectivity index (χ2n) is 5.62. The number of hydrogen-bond acceptors (Lipinski definition) is 4. The zero-order valence-corrected chi connectivity index (χ0v) is 14.4. The van der Waals surface area contributed by atoms with Gasteiger partial charge in [-0.05, 0) is 31.4 Å². The summed E-state index contributed by atoms with van der Waals surface area (Å²) in [5.41, 5.74) is 4.42. The summed E-state index contributed by atoms with van der Waals surface area (Å²) in [6, 6.07) is 10.3. The lowest BCUT2D eigenvalue weighted by Gasteiger charge is -2.05. The molecular formula is C19H22N4O. The summed E-state index contributed by atoms with van der Waals surface area (Å²) in [4.78, 5) is 8.87. The highest BCUT2D eigenvalue weighted by Gasteiger charge is 2.18. The van der Waals surface area contributed by atoms with Crippen molar-refractivity contribution in [1.29, 1.82) is 0 Å². The average molecular weight is 322 g/mol. The predicted molar refractivity (Wildman–Crippen MR) is 93.7 cm³/mol. The highest BCUT2D eigenvalue weighted by molar-refractivity contribution is 5.38. The number of nitrogens with zero attached hydrogens (tertiary/aromatic N) is 4. The van der Waals surface area contributed by atoms with E-state index in [1.165, 1.54) is 5.56 Å². The molecular weight excluding hydrogens is 300 g/mol. The molecule has 5 nitrogen and oxygen atoms in total. The first-order chi connectivity index (χ1) is 11.7. The quantitative estimate of drug-likeness (QED) is 0.697. The van der Waals surface area contributed by atoms with Gasteiger partial charge in [0.05, 0.1) is 12.3 Å².